The highest BCUT2D eigenvalue weighted by Crippen LogP contribution is 2.40. The summed E-state index contributed by atoms with van der Waals surface area (Å²) < 4.78 is 22.2. The third kappa shape index (κ3) is 3.34. The van der Waals surface area contributed by atoms with Gasteiger partial charge in [0.2, 0.25) is 5.60 Å². The topological polar surface area (TPSA) is 174 Å². The van der Waals surface area contributed by atoms with E-state index >= 15 is 0 Å². The van der Waals surface area contributed by atoms with Gasteiger partial charge in [-0.1, -0.05) is 0 Å². The number of nitrogen functional groups attached to an aromatic ring is 1. The first kappa shape index (κ1) is 19.3. The highest BCUT2D eigenvalue weighted by atomic mass is 16.7. The lowest BCUT2D eigenvalue weighted by Gasteiger charge is -2.24. The van der Waals surface area contributed by atoms with E-state index in [9.17, 15) is 20.3 Å². The maximum absolute atomic E-state index is 11.9. The molecule has 0 saturated carbocycles. The van der Waals surface area contributed by atoms with Crippen LogP contribution >= 0.6 is 0 Å². The van der Waals surface area contributed by atoms with Gasteiger partial charge in [-0.2, -0.15) is 10.4 Å². The zero-order valence-electron chi connectivity index (χ0n) is 15.2. The minimum absolute atomic E-state index is 0.216. The average Bonchev–Trinajstić information content (AvgIpc) is 3.42. The van der Waals surface area contributed by atoms with Crippen molar-refractivity contribution >= 4 is 17.5 Å². The SMILES string of the molecule is N#C[C@]1(COC(=O)O[C@H]2CCOC2)O[C@@H](c2ccc3c(N)ncnn23)[C@H](O)[C@@H]1O. The van der Waals surface area contributed by atoms with E-state index in [0.717, 1.165) is 0 Å². The van der Waals surface area contributed by atoms with Gasteiger partial charge in [0.1, 0.15) is 48.9 Å². The number of aromatic nitrogens is 3. The summed E-state index contributed by atoms with van der Waals surface area (Å²) in [6.45, 7) is 0.116. The number of nitriles is 1. The van der Waals surface area contributed by atoms with Crippen molar-refractivity contribution in [3.05, 3.63) is 24.2 Å². The Balaban J connectivity index is 1.51. The predicted molar refractivity (Wildman–Crippen MR) is 93.2 cm³/mol. The van der Waals surface area contributed by atoms with Crippen molar-refractivity contribution in [1.82, 2.24) is 14.6 Å². The summed E-state index contributed by atoms with van der Waals surface area (Å²) in [7, 11) is 0. The van der Waals surface area contributed by atoms with E-state index in [0.29, 0.717) is 24.2 Å². The lowest BCUT2D eigenvalue weighted by molar-refractivity contribution is -0.0889. The summed E-state index contributed by atoms with van der Waals surface area (Å²) in [5, 5.41) is 34.7. The van der Waals surface area contributed by atoms with Gasteiger partial charge in [0.05, 0.1) is 18.9 Å². The highest BCUT2D eigenvalue weighted by molar-refractivity contribution is 5.65. The molecule has 2 saturated heterocycles. The lowest BCUT2D eigenvalue weighted by Crippen LogP contribution is -2.46. The van der Waals surface area contributed by atoms with Crippen LogP contribution < -0.4 is 5.73 Å². The number of aliphatic hydroxyl groups excluding tert-OH is 2. The largest absolute Gasteiger partial charge is 0.508 e. The molecule has 2 fully saturated rings. The molecular weight excluding hydrogens is 386 g/mol. The first-order valence-electron chi connectivity index (χ1n) is 8.89. The summed E-state index contributed by atoms with van der Waals surface area (Å²) in [6, 6.07) is 5.01. The van der Waals surface area contributed by atoms with E-state index in [1.165, 1.54) is 10.8 Å². The number of ether oxygens (including phenoxy) is 4. The van der Waals surface area contributed by atoms with Crippen LogP contribution in [0, 0.1) is 11.3 Å². The molecule has 0 amide bonds. The van der Waals surface area contributed by atoms with Gasteiger partial charge < -0.3 is 34.9 Å². The third-order valence-electron chi connectivity index (χ3n) is 5.00. The monoisotopic (exact) mass is 405 g/mol. The fourth-order valence-corrected chi connectivity index (χ4v) is 3.42. The molecule has 12 heteroatoms. The average molecular weight is 405 g/mol. The van der Waals surface area contributed by atoms with Crippen molar-refractivity contribution < 1.29 is 34.0 Å². The lowest BCUT2D eigenvalue weighted by atomic mass is 9.96. The van der Waals surface area contributed by atoms with E-state index in [1.54, 1.807) is 18.2 Å². The smallest absolute Gasteiger partial charge is 0.430 e. The molecule has 4 N–H and O–H groups in total. The Morgan fingerprint density at radius 1 is 1.48 bits per heavy atom. The fraction of sp³-hybridized carbons (Fsp3) is 0.529. The maximum atomic E-state index is 11.9. The van der Waals surface area contributed by atoms with Gasteiger partial charge in [0, 0.05) is 6.42 Å². The molecule has 0 radical (unpaired) electrons. The molecule has 29 heavy (non-hydrogen) atoms. The van der Waals surface area contributed by atoms with Gasteiger partial charge >= 0.3 is 6.16 Å². The molecule has 154 valence electrons. The van der Waals surface area contributed by atoms with E-state index in [2.05, 4.69) is 10.1 Å². The first-order valence-corrected chi connectivity index (χ1v) is 8.89. The summed E-state index contributed by atoms with van der Waals surface area (Å²) in [6.07, 6.45) is -3.92. The molecule has 0 spiro atoms. The Hall–Kier alpha value is -2.98. The third-order valence-corrected chi connectivity index (χ3v) is 5.00. The standard InChI is InChI=1S/C17H19N5O7/c18-6-17(7-27-16(25)28-9-3-4-26-5-9)14(24)12(23)13(29-17)10-1-2-11-15(19)20-8-21-22(10)11/h1-2,8-9,12-14,23-24H,3-5,7H2,(H2,19,20,21)/t9-,12-,13-,14-,17+/m0/s1. The minimum atomic E-state index is -1.99. The molecule has 0 aromatic carbocycles. The van der Waals surface area contributed by atoms with E-state index in [4.69, 9.17) is 24.7 Å². The van der Waals surface area contributed by atoms with Crippen molar-refractivity contribution in [2.24, 2.45) is 0 Å². The molecular formula is C17H19N5O7. The Morgan fingerprint density at radius 3 is 3.03 bits per heavy atom. The summed E-state index contributed by atoms with van der Waals surface area (Å²) in [4.78, 5) is 15.8. The number of fused-ring (bicyclic) bond motifs is 1. The summed E-state index contributed by atoms with van der Waals surface area (Å²) in [5.41, 5.74) is 4.64. The molecule has 5 atom stereocenters. The van der Waals surface area contributed by atoms with Gasteiger partial charge in [0.25, 0.3) is 0 Å². The molecule has 0 bridgehead atoms. The van der Waals surface area contributed by atoms with Crippen LogP contribution in [0.2, 0.25) is 0 Å². The van der Waals surface area contributed by atoms with E-state index < -0.39 is 42.8 Å². The zero-order chi connectivity index (χ0) is 20.6. The van der Waals surface area contributed by atoms with Crippen LogP contribution in [0.25, 0.3) is 5.52 Å². The molecule has 2 aliphatic rings. The molecule has 2 aromatic heterocycles. The number of carbonyl (C=O) groups excluding carboxylic acids is 1. The Labute approximate surface area is 164 Å². The number of anilines is 1. The molecule has 0 unspecified atom stereocenters. The van der Waals surface area contributed by atoms with Gasteiger partial charge in [-0.15, -0.1) is 0 Å². The van der Waals surface area contributed by atoms with Crippen molar-refractivity contribution in [3.63, 3.8) is 0 Å². The number of aliphatic hydroxyl groups is 2. The second kappa shape index (κ2) is 7.45. The van der Waals surface area contributed by atoms with Gasteiger partial charge in [0.15, 0.2) is 5.82 Å². The van der Waals surface area contributed by atoms with Crippen LogP contribution in [0.1, 0.15) is 18.2 Å². The van der Waals surface area contributed by atoms with Crippen LogP contribution in [-0.4, -0.2) is 74.7 Å². The quantitative estimate of drug-likeness (QED) is 0.549. The summed E-state index contributed by atoms with van der Waals surface area (Å²) in [5.74, 6) is 0.216. The van der Waals surface area contributed by atoms with E-state index in [-0.39, 0.29) is 12.4 Å². The number of nitrogens with zero attached hydrogens (tertiary/aromatic N) is 4. The van der Waals surface area contributed by atoms with Crippen LogP contribution in [0.3, 0.4) is 0 Å². The fourth-order valence-electron chi connectivity index (χ4n) is 3.42. The highest BCUT2D eigenvalue weighted by Gasteiger charge is 2.57. The molecule has 2 aliphatic heterocycles. The van der Waals surface area contributed by atoms with Gasteiger partial charge in [-0.25, -0.2) is 14.3 Å². The first-order chi connectivity index (χ1) is 13.9. The maximum Gasteiger partial charge on any atom is 0.508 e. The van der Waals surface area contributed by atoms with Crippen molar-refractivity contribution in [3.8, 4) is 6.07 Å². The van der Waals surface area contributed by atoms with Gasteiger partial charge in [-0.3, -0.25) is 0 Å². The number of rotatable bonds is 4. The molecule has 0 aliphatic carbocycles. The van der Waals surface area contributed by atoms with E-state index in [1.807, 2.05) is 0 Å². The number of carbonyl (C=O) groups is 1. The Kier molecular flexibility index (Phi) is 4.97. The molecule has 4 rings (SSSR count). The van der Waals surface area contributed by atoms with Crippen molar-refractivity contribution in [2.75, 3.05) is 25.6 Å². The number of hydrogen-bond donors (Lipinski definition) is 3. The molecule has 12 nitrogen and oxygen atoms in total. The summed E-state index contributed by atoms with van der Waals surface area (Å²) >= 11 is 0. The second-order valence-corrected chi connectivity index (χ2v) is 6.82. The molecule has 4 heterocycles. The van der Waals surface area contributed by atoms with Crippen LogP contribution in [-0.2, 0) is 18.9 Å². The molecule has 2 aromatic rings. The Morgan fingerprint density at radius 2 is 2.31 bits per heavy atom. The van der Waals surface area contributed by atoms with Crippen LogP contribution in [0.15, 0.2) is 18.5 Å². The van der Waals surface area contributed by atoms with Crippen molar-refractivity contribution in [1.29, 1.82) is 5.26 Å². The number of hydrogen-bond acceptors (Lipinski definition) is 11. The van der Waals surface area contributed by atoms with Crippen LogP contribution in [0.5, 0.6) is 0 Å². The van der Waals surface area contributed by atoms with Gasteiger partial charge in [-0.05, 0) is 12.1 Å². The zero-order valence-corrected chi connectivity index (χ0v) is 15.2. The predicted octanol–water partition coefficient (Wildman–Crippen LogP) is -0.691. The van der Waals surface area contributed by atoms with Crippen molar-refractivity contribution in [2.45, 2.75) is 36.4 Å². The van der Waals surface area contributed by atoms with Crippen LogP contribution in [0.4, 0.5) is 10.6 Å². The normalized spacial score (nSPS) is 31.6. The number of nitrogens with two attached hydrogens (primary N) is 1. The minimum Gasteiger partial charge on any atom is -0.430 e. The second-order valence-electron chi connectivity index (χ2n) is 6.82. The Bertz CT molecular complexity index is 953.